The van der Waals surface area contributed by atoms with Crippen molar-refractivity contribution in [2.45, 2.75) is 13.3 Å². The highest BCUT2D eigenvalue weighted by atomic mass is 127. The molecule has 0 amide bonds. The van der Waals surface area contributed by atoms with Crippen molar-refractivity contribution in [2.75, 3.05) is 13.7 Å². The summed E-state index contributed by atoms with van der Waals surface area (Å²) in [6, 6.07) is 9.42. The van der Waals surface area contributed by atoms with Gasteiger partial charge in [-0.1, -0.05) is 6.92 Å². The minimum Gasteiger partial charge on any atom is -0.493 e. The van der Waals surface area contributed by atoms with Gasteiger partial charge in [0.1, 0.15) is 0 Å². The molecule has 28 heavy (non-hydrogen) atoms. The van der Waals surface area contributed by atoms with E-state index in [0.29, 0.717) is 18.1 Å². The highest BCUT2D eigenvalue weighted by molar-refractivity contribution is 14.1. The second-order valence-electron chi connectivity index (χ2n) is 5.85. The first-order valence-electron chi connectivity index (χ1n) is 8.41. The number of ether oxygens (including phenoxy) is 3. The number of carbonyl (C=O) groups is 1. The van der Waals surface area contributed by atoms with Crippen LogP contribution in [-0.4, -0.2) is 25.6 Å². The number of hydrogen-bond acceptors (Lipinski definition) is 5. The quantitative estimate of drug-likeness (QED) is 0.222. The number of nitrogens with zero attached hydrogens (tertiary/aromatic N) is 1. The van der Waals surface area contributed by atoms with Crippen LogP contribution < -0.4 is 9.47 Å². The third-order valence-corrected chi connectivity index (χ3v) is 6.93. The molecule has 2 aromatic carbocycles. The van der Waals surface area contributed by atoms with E-state index in [1.807, 2.05) is 37.3 Å². The van der Waals surface area contributed by atoms with Gasteiger partial charge in [0, 0.05) is 13.6 Å². The molecule has 0 unspecified atom stereocenters. The fourth-order valence-electron chi connectivity index (χ4n) is 2.49. The van der Waals surface area contributed by atoms with Gasteiger partial charge in [-0.05, 0) is 110 Å². The van der Waals surface area contributed by atoms with E-state index < -0.39 is 5.97 Å². The molecule has 1 aliphatic heterocycles. The summed E-state index contributed by atoms with van der Waals surface area (Å²) in [6.45, 7) is 2.66. The Bertz CT molecular complexity index is 988. The smallest absolute Gasteiger partial charge is 0.363 e. The molecule has 0 aliphatic carbocycles. The lowest BCUT2D eigenvalue weighted by Crippen LogP contribution is -2.05. The topological polar surface area (TPSA) is 57.1 Å². The van der Waals surface area contributed by atoms with Crippen LogP contribution in [0.15, 0.2) is 45.5 Å². The van der Waals surface area contributed by atoms with Crippen LogP contribution in [-0.2, 0) is 9.53 Å². The van der Waals surface area contributed by atoms with E-state index in [1.54, 1.807) is 13.2 Å². The number of carbonyl (C=O) groups excluding carboxylic acids is 1. The number of esters is 1. The molecule has 0 spiro atoms. The summed E-state index contributed by atoms with van der Waals surface area (Å²) < 4.78 is 19.5. The second kappa shape index (κ2) is 9.57. The number of hydrogen-bond donors (Lipinski definition) is 0. The molecule has 1 aliphatic rings. The lowest BCUT2D eigenvalue weighted by atomic mass is 10.1. The maximum absolute atomic E-state index is 12.3. The maximum atomic E-state index is 12.3. The molecule has 0 saturated carbocycles. The zero-order valence-electron chi connectivity index (χ0n) is 15.1. The van der Waals surface area contributed by atoms with E-state index in [0.717, 1.165) is 29.2 Å². The van der Waals surface area contributed by atoms with Gasteiger partial charge in [0.15, 0.2) is 17.2 Å². The van der Waals surface area contributed by atoms with Crippen LogP contribution in [0.5, 0.6) is 11.5 Å². The van der Waals surface area contributed by atoms with Gasteiger partial charge in [-0.15, -0.1) is 0 Å². The molecule has 8 heteroatoms. The van der Waals surface area contributed by atoms with Gasteiger partial charge in [-0.25, -0.2) is 9.79 Å². The number of halogens is 3. The molecule has 2 aromatic rings. The van der Waals surface area contributed by atoms with Crippen molar-refractivity contribution >= 4 is 79.1 Å². The Morgan fingerprint density at radius 3 is 2.68 bits per heavy atom. The fraction of sp³-hybridized carbons (Fsp3) is 0.200. The Morgan fingerprint density at radius 2 is 2.00 bits per heavy atom. The largest absolute Gasteiger partial charge is 0.493 e. The van der Waals surface area contributed by atoms with Crippen LogP contribution in [0, 0.1) is 7.14 Å². The zero-order valence-corrected chi connectivity index (χ0v) is 21.0. The average molecular weight is 668 g/mol. The van der Waals surface area contributed by atoms with Gasteiger partial charge in [-0.3, -0.25) is 0 Å². The first-order valence-corrected chi connectivity index (χ1v) is 11.4. The van der Waals surface area contributed by atoms with Crippen molar-refractivity contribution in [1.82, 2.24) is 0 Å². The van der Waals surface area contributed by atoms with Crippen LogP contribution in [0.2, 0.25) is 0 Å². The molecule has 0 atom stereocenters. The second-order valence-corrected chi connectivity index (χ2v) is 9.03. The van der Waals surface area contributed by atoms with Crippen LogP contribution in [0.1, 0.15) is 24.5 Å². The van der Waals surface area contributed by atoms with Crippen LogP contribution in [0.4, 0.5) is 0 Å². The molecule has 0 bridgehead atoms. The Labute approximate surface area is 199 Å². The number of methoxy groups -OCH3 is 1. The summed E-state index contributed by atoms with van der Waals surface area (Å²) in [7, 11) is 1.59. The summed E-state index contributed by atoms with van der Waals surface area (Å²) in [5, 5.41) is 0. The minimum absolute atomic E-state index is 0.241. The Morgan fingerprint density at radius 1 is 1.21 bits per heavy atom. The van der Waals surface area contributed by atoms with Gasteiger partial charge in [0.25, 0.3) is 0 Å². The standard InChI is InChI=1S/C20H16BrI2NO4/c1-3-6-27-18-15(23)7-11(9-17(18)26-2)8-16-20(25)28-19(24-16)12-4-5-14(22)13(21)10-12/h4-5,7-10H,3,6H2,1-2H3/b16-8-. The van der Waals surface area contributed by atoms with Crippen LogP contribution in [0.3, 0.4) is 0 Å². The molecule has 0 radical (unpaired) electrons. The number of aliphatic imine (C=N–C) groups is 1. The zero-order chi connectivity index (χ0) is 20.3. The van der Waals surface area contributed by atoms with Crippen molar-refractivity contribution in [2.24, 2.45) is 4.99 Å². The van der Waals surface area contributed by atoms with Gasteiger partial charge in [0.05, 0.1) is 17.3 Å². The fourth-order valence-corrected chi connectivity index (χ4v) is 3.98. The molecule has 3 rings (SSSR count). The van der Waals surface area contributed by atoms with E-state index in [2.05, 4.69) is 66.1 Å². The maximum Gasteiger partial charge on any atom is 0.363 e. The highest BCUT2D eigenvalue weighted by Gasteiger charge is 2.25. The van der Waals surface area contributed by atoms with E-state index >= 15 is 0 Å². The van der Waals surface area contributed by atoms with Crippen molar-refractivity contribution < 1.29 is 19.0 Å². The summed E-state index contributed by atoms with van der Waals surface area (Å²) in [5.41, 5.74) is 1.76. The molecular formula is C20H16BrI2NO4. The normalized spacial score (nSPS) is 14.8. The number of rotatable bonds is 6. The van der Waals surface area contributed by atoms with E-state index in [4.69, 9.17) is 14.2 Å². The lowest BCUT2D eigenvalue weighted by molar-refractivity contribution is -0.129. The van der Waals surface area contributed by atoms with Crippen molar-refractivity contribution in [1.29, 1.82) is 0 Å². The minimum atomic E-state index is -0.482. The van der Waals surface area contributed by atoms with E-state index in [-0.39, 0.29) is 11.6 Å². The van der Waals surface area contributed by atoms with Crippen LogP contribution in [0.25, 0.3) is 6.08 Å². The molecular weight excluding hydrogens is 652 g/mol. The Hall–Kier alpha value is -1.14. The molecule has 5 nitrogen and oxygen atoms in total. The number of cyclic esters (lactones) is 1. The summed E-state index contributed by atoms with van der Waals surface area (Å²) in [5.74, 6) is 1.13. The molecule has 146 valence electrons. The predicted octanol–water partition coefficient (Wildman–Crippen LogP) is 5.80. The first-order chi connectivity index (χ1) is 13.4. The van der Waals surface area contributed by atoms with Gasteiger partial charge in [-0.2, -0.15) is 0 Å². The summed E-state index contributed by atoms with van der Waals surface area (Å²) in [6.07, 6.45) is 2.59. The van der Waals surface area contributed by atoms with Crippen molar-refractivity contribution in [3.8, 4) is 11.5 Å². The molecule has 0 saturated heterocycles. The first kappa shape index (κ1) is 21.6. The van der Waals surface area contributed by atoms with E-state index in [9.17, 15) is 4.79 Å². The summed E-state index contributed by atoms with van der Waals surface area (Å²) >= 11 is 7.89. The van der Waals surface area contributed by atoms with Gasteiger partial charge >= 0.3 is 5.97 Å². The molecule has 0 fully saturated rings. The average Bonchev–Trinajstić information content (AvgIpc) is 3.03. The highest BCUT2D eigenvalue weighted by Crippen LogP contribution is 2.35. The monoisotopic (exact) mass is 667 g/mol. The SMILES string of the molecule is CCCOc1c(I)cc(/C=C2\N=C(c3ccc(I)c(Br)c3)OC2=O)cc1OC. The molecule has 0 aromatic heterocycles. The van der Waals surface area contributed by atoms with Crippen LogP contribution >= 0.6 is 61.1 Å². The van der Waals surface area contributed by atoms with Gasteiger partial charge < -0.3 is 14.2 Å². The third-order valence-electron chi connectivity index (χ3n) is 3.79. The Kier molecular flexibility index (Phi) is 7.37. The lowest BCUT2D eigenvalue weighted by Gasteiger charge is -2.13. The van der Waals surface area contributed by atoms with Gasteiger partial charge in [0.2, 0.25) is 5.90 Å². The molecule has 0 N–H and O–H groups in total. The van der Waals surface area contributed by atoms with E-state index in [1.165, 1.54) is 0 Å². The molecule has 1 heterocycles. The summed E-state index contributed by atoms with van der Waals surface area (Å²) in [4.78, 5) is 16.7. The number of benzene rings is 2. The Balaban J connectivity index is 1.94. The predicted molar refractivity (Wildman–Crippen MR) is 129 cm³/mol. The third kappa shape index (κ3) is 4.88. The van der Waals surface area contributed by atoms with Crippen molar-refractivity contribution in [3.63, 3.8) is 0 Å². The van der Waals surface area contributed by atoms with Crippen molar-refractivity contribution in [3.05, 3.63) is 58.8 Å².